The van der Waals surface area contributed by atoms with Gasteiger partial charge in [0.05, 0.1) is 21.4 Å². The molecule has 0 aliphatic heterocycles. The van der Waals surface area contributed by atoms with Crippen molar-refractivity contribution in [1.82, 2.24) is 4.57 Å². The topological polar surface area (TPSA) is 8.17 Å². The van der Waals surface area contributed by atoms with Crippen LogP contribution in [0.3, 0.4) is 0 Å². The summed E-state index contributed by atoms with van der Waals surface area (Å²) in [6.07, 6.45) is 8.60. The van der Waals surface area contributed by atoms with Crippen molar-refractivity contribution in [2.45, 2.75) is 43.9 Å². The molecule has 0 atom stereocenters. The Morgan fingerprint density at radius 1 is 0.491 bits per heavy atom. The molecule has 0 radical (unpaired) electrons. The lowest BCUT2D eigenvalue weighted by Crippen LogP contribution is -2.48. The van der Waals surface area contributed by atoms with Crippen LogP contribution in [0.2, 0.25) is 0 Å². The minimum Gasteiger partial charge on any atom is -0.309 e. The predicted molar refractivity (Wildman–Crippen MR) is 234 cm³/mol. The highest BCUT2D eigenvalue weighted by Crippen LogP contribution is 2.61. The quantitative estimate of drug-likeness (QED) is 0.166. The summed E-state index contributed by atoms with van der Waals surface area (Å²) in [4.78, 5) is 2.50. The van der Waals surface area contributed by atoms with E-state index in [1.165, 1.54) is 114 Å². The summed E-state index contributed by atoms with van der Waals surface area (Å²) in [5.74, 6) is 2.82. The molecule has 55 heavy (non-hydrogen) atoms. The van der Waals surface area contributed by atoms with E-state index in [0.29, 0.717) is 5.41 Å². The maximum Gasteiger partial charge on any atom is 0.0640 e. The first-order valence-corrected chi connectivity index (χ1v) is 21.0. The van der Waals surface area contributed by atoms with Gasteiger partial charge in [-0.05, 0) is 139 Å². The third-order valence-electron chi connectivity index (χ3n) is 13.5. The Balaban J connectivity index is 0.972. The van der Waals surface area contributed by atoms with Gasteiger partial charge in [-0.3, -0.25) is 0 Å². The Morgan fingerprint density at radius 2 is 1.09 bits per heavy atom. The molecule has 266 valence electrons. The molecule has 2 heterocycles. The summed E-state index contributed by atoms with van der Waals surface area (Å²) in [6.45, 7) is 0. The Morgan fingerprint density at radius 3 is 1.84 bits per heavy atom. The second-order valence-corrected chi connectivity index (χ2v) is 17.9. The second kappa shape index (κ2) is 12.2. The number of anilines is 3. The molecule has 13 rings (SSSR count). The van der Waals surface area contributed by atoms with Crippen LogP contribution in [0.4, 0.5) is 17.1 Å². The zero-order chi connectivity index (χ0) is 36.1. The molecule has 0 saturated heterocycles. The third-order valence-corrected chi connectivity index (χ3v) is 14.8. The maximum absolute atomic E-state index is 2.50. The lowest BCUT2D eigenvalue weighted by atomic mass is 9.48. The van der Waals surface area contributed by atoms with Gasteiger partial charge in [0.15, 0.2) is 0 Å². The zero-order valence-corrected chi connectivity index (χ0v) is 31.7. The summed E-state index contributed by atoms with van der Waals surface area (Å²) in [5, 5.41) is 5.22. The summed E-state index contributed by atoms with van der Waals surface area (Å²) in [5.41, 5.74) is 11.7. The van der Waals surface area contributed by atoms with Crippen molar-refractivity contribution in [1.29, 1.82) is 0 Å². The van der Waals surface area contributed by atoms with Crippen LogP contribution in [0, 0.1) is 17.8 Å². The fourth-order valence-electron chi connectivity index (χ4n) is 11.6. The smallest absolute Gasteiger partial charge is 0.0640 e. The van der Waals surface area contributed by atoms with Gasteiger partial charge in [-0.2, -0.15) is 0 Å². The minimum atomic E-state index is 0.387. The van der Waals surface area contributed by atoms with E-state index in [1.807, 2.05) is 11.3 Å². The first kappa shape index (κ1) is 31.7. The van der Waals surface area contributed by atoms with Gasteiger partial charge in [0, 0.05) is 43.3 Å². The second-order valence-electron chi connectivity index (χ2n) is 16.8. The molecule has 0 amide bonds. The van der Waals surface area contributed by atoms with Crippen molar-refractivity contribution in [2.24, 2.45) is 17.8 Å². The van der Waals surface area contributed by atoms with Crippen molar-refractivity contribution in [2.75, 3.05) is 4.90 Å². The summed E-state index contributed by atoms with van der Waals surface area (Å²) < 4.78 is 5.07. The van der Waals surface area contributed by atoms with Gasteiger partial charge in [0.25, 0.3) is 0 Å². The van der Waals surface area contributed by atoms with E-state index in [9.17, 15) is 0 Å². The van der Waals surface area contributed by atoms with Crippen LogP contribution in [-0.2, 0) is 5.41 Å². The Hall–Kier alpha value is -5.64. The van der Waals surface area contributed by atoms with E-state index in [-0.39, 0.29) is 0 Å². The fourth-order valence-corrected chi connectivity index (χ4v) is 12.8. The zero-order valence-electron chi connectivity index (χ0n) is 30.9. The molecular formula is C52H42N2S. The molecule has 0 unspecified atom stereocenters. The van der Waals surface area contributed by atoms with E-state index in [1.54, 1.807) is 5.56 Å². The van der Waals surface area contributed by atoms with E-state index >= 15 is 0 Å². The molecular weight excluding hydrogens is 685 g/mol. The van der Waals surface area contributed by atoms with Crippen LogP contribution in [0.1, 0.15) is 44.1 Å². The summed E-state index contributed by atoms with van der Waals surface area (Å²) in [6, 6.07) is 61.3. The molecule has 4 saturated carbocycles. The van der Waals surface area contributed by atoms with E-state index in [0.717, 1.165) is 17.8 Å². The van der Waals surface area contributed by atoms with Gasteiger partial charge >= 0.3 is 0 Å². The summed E-state index contributed by atoms with van der Waals surface area (Å²) in [7, 11) is 0. The molecule has 4 bridgehead atoms. The number of benzene rings is 7. The SMILES string of the molecule is c1ccc(-n2c3ccccc3c3ccc(-c4ccc(N(c5ccc(C67CC8CC(CC(C8)C6)C7)cc5)c5cccc6c5sc5ccccc56)cc4)cc32)cc1. The van der Waals surface area contributed by atoms with Crippen LogP contribution in [0.15, 0.2) is 164 Å². The van der Waals surface area contributed by atoms with Gasteiger partial charge in [0.2, 0.25) is 0 Å². The summed E-state index contributed by atoms with van der Waals surface area (Å²) >= 11 is 1.91. The van der Waals surface area contributed by atoms with Gasteiger partial charge in [-0.15, -0.1) is 11.3 Å². The first-order chi connectivity index (χ1) is 27.2. The highest BCUT2D eigenvalue weighted by atomic mass is 32.1. The average Bonchev–Trinajstić information content (AvgIpc) is 3.77. The Kier molecular flexibility index (Phi) is 7.02. The monoisotopic (exact) mass is 726 g/mol. The molecule has 0 N–H and O–H groups in total. The molecule has 4 fully saturated rings. The molecule has 9 aromatic rings. The van der Waals surface area contributed by atoms with Crippen molar-refractivity contribution < 1.29 is 0 Å². The number of hydrogen-bond donors (Lipinski definition) is 0. The number of hydrogen-bond acceptors (Lipinski definition) is 2. The van der Waals surface area contributed by atoms with Gasteiger partial charge < -0.3 is 9.47 Å². The van der Waals surface area contributed by atoms with Crippen LogP contribution in [-0.4, -0.2) is 4.57 Å². The van der Waals surface area contributed by atoms with Crippen LogP contribution >= 0.6 is 11.3 Å². The highest BCUT2D eigenvalue weighted by Gasteiger charge is 2.51. The van der Waals surface area contributed by atoms with E-state index < -0.39 is 0 Å². The molecule has 0 spiro atoms. The Labute approximate surface area is 326 Å². The van der Waals surface area contributed by atoms with Gasteiger partial charge in [-0.25, -0.2) is 0 Å². The largest absolute Gasteiger partial charge is 0.309 e. The number of aromatic nitrogens is 1. The number of rotatable bonds is 6. The fraction of sp³-hybridized carbons (Fsp3) is 0.192. The van der Waals surface area contributed by atoms with Crippen molar-refractivity contribution >= 4 is 70.4 Å². The van der Waals surface area contributed by atoms with Crippen molar-refractivity contribution in [3.05, 3.63) is 169 Å². The number of nitrogens with zero attached hydrogens (tertiary/aromatic N) is 2. The molecule has 2 nitrogen and oxygen atoms in total. The van der Waals surface area contributed by atoms with E-state index in [4.69, 9.17) is 0 Å². The standard InChI is InChI=1S/C52H42N2S/c1-2-9-40(10-3-1)54-47-14-6-4-11-43(47)44-26-19-38(30-49(44)54)37-17-22-41(23-18-37)53(48-15-8-13-46-45-12-5-7-16-50(45)55-51(46)48)42-24-20-39(21-25-42)52-31-34-27-35(32-52)29-36(28-34)33-52/h1-26,30,34-36H,27-29,31-33H2. The predicted octanol–water partition coefficient (Wildman–Crippen LogP) is 14.8. The molecule has 4 aliphatic carbocycles. The van der Waals surface area contributed by atoms with Gasteiger partial charge in [-0.1, -0.05) is 103 Å². The van der Waals surface area contributed by atoms with Crippen LogP contribution in [0.25, 0.3) is 58.8 Å². The normalized spacial score (nSPS) is 21.6. The maximum atomic E-state index is 2.50. The molecule has 4 aliphatic rings. The lowest BCUT2D eigenvalue weighted by molar-refractivity contribution is -0.00518. The third kappa shape index (κ3) is 4.99. The minimum absolute atomic E-state index is 0.387. The number of fused-ring (bicyclic) bond motifs is 6. The first-order valence-electron chi connectivity index (χ1n) is 20.2. The lowest BCUT2D eigenvalue weighted by Gasteiger charge is -2.57. The molecule has 2 aromatic heterocycles. The van der Waals surface area contributed by atoms with Crippen molar-refractivity contribution in [3.8, 4) is 16.8 Å². The van der Waals surface area contributed by atoms with E-state index in [2.05, 4.69) is 173 Å². The van der Waals surface area contributed by atoms with Crippen molar-refractivity contribution in [3.63, 3.8) is 0 Å². The number of para-hydroxylation sites is 2. The average molecular weight is 727 g/mol. The van der Waals surface area contributed by atoms with Crippen LogP contribution in [0.5, 0.6) is 0 Å². The highest BCUT2D eigenvalue weighted by molar-refractivity contribution is 7.26. The Bertz CT molecular complexity index is 2860. The number of thiophene rings is 1. The molecule has 7 aromatic carbocycles. The van der Waals surface area contributed by atoms with Gasteiger partial charge in [0.1, 0.15) is 0 Å². The van der Waals surface area contributed by atoms with Crippen LogP contribution < -0.4 is 4.90 Å². The molecule has 3 heteroatoms.